The first-order valence-corrected chi connectivity index (χ1v) is 7.85. The van der Waals surface area contributed by atoms with E-state index in [0.29, 0.717) is 10.7 Å². The molecule has 1 aliphatic rings. The van der Waals surface area contributed by atoms with Gasteiger partial charge in [-0.15, -0.1) is 0 Å². The van der Waals surface area contributed by atoms with E-state index in [-0.39, 0.29) is 11.4 Å². The molecule has 2 N–H and O–H groups in total. The topological polar surface area (TPSA) is 62.5 Å². The number of aromatic nitrogens is 1. The highest BCUT2D eigenvalue weighted by atomic mass is 32.1. The van der Waals surface area contributed by atoms with Crippen molar-refractivity contribution >= 4 is 32.6 Å². The second-order valence-electron chi connectivity index (χ2n) is 6.20. The van der Waals surface area contributed by atoms with Crippen LogP contribution in [0, 0.1) is 0 Å². The van der Waals surface area contributed by atoms with Crippen molar-refractivity contribution in [3.05, 3.63) is 23.8 Å². The number of carbonyl (C=O) groups is 1. The number of piperazine rings is 1. The Labute approximate surface area is 128 Å². The van der Waals surface area contributed by atoms with Crippen LogP contribution in [0.15, 0.2) is 18.2 Å². The smallest absolute Gasteiger partial charge is 0.254 e. The van der Waals surface area contributed by atoms with Crippen molar-refractivity contribution in [3.63, 3.8) is 0 Å². The number of hydrogen-bond donors (Lipinski definition) is 1. The third kappa shape index (κ3) is 2.61. The Morgan fingerprint density at radius 1 is 1.38 bits per heavy atom. The number of carbonyl (C=O) groups excluding carboxylic acids is 1. The Balaban J connectivity index is 1.86. The molecule has 0 spiro atoms. The predicted molar refractivity (Wildman–Crippen MR) is 86.6 cm³/mol. The monoisotopic (exact) mass is 304 g/mol. The lowest BCUT2D eigenvalue weighted by Gasteiger charge is -2.45. The zero-order valence-electron chi connectivity index (χ0n) is 12.6. The summed E-state index contributed by atoms with van der Waals surface area (Å²) < 4.78 is 0.965. The Kier molecular flexibility index (Phi) is 3.37. The Hall–Kier alpha value is -1.66. The molecule has 21 heavy (non-hydrogen) atoms. The van der Waals surface area contributed by atoms with Gasteiger partial charge in [0.2, 0.25) is 0 Å². The van der Waals surface area contributed by atoms with Crippen LogP contribution in [0.1, 0.15) is 24.2 Å². The van der Waals surface area contributed by atoms with Gasteiger partial charge >= 0.3 is 0 Å². The number of benzene rings is 1. The molecule has 2 heterocycles. The molecule has 0 atom stereocenters. The molecule has 1 fully saturated rings. The van der Waals surface area contributed by atoms with E-state index in [9.17, 15) is 4.79 Å². The normalized spacial score (nSPS) is 19.1. The molecule has 1 amide bonds. The fourth-order valence-corrected chi connectivity index (χ4v) is 3.45. The maximum Gasteiger partial charge on any atom is 0.254 e. The van der Waals surface area contributed by atoms with Gasteiger partial charge in [-0.1, -0.05) is 11.3 Å². The van der Waals surface area contributed by atoms with Gasteiger partial charge in [0.05, 0.1) is 10.2 Å². The van der Waals surface area contributed by atoms with Crippen LogP contribution in [0.3, 0.4) is 0 Å². The molecule has 112 valence electrons. The van der Waals surface area contributed by atoms with Crippen LogP contribution in [0.2, 0.25) is 0 Å². The molecule has 0 radical (unpaired) electrons. The summed E-state index contributed by atoms with van der Waals surface area (Å²) in [6, 6.07) is 5.61. The van der Waals surface area contributed by atoms with Crippen LogP contribution in [0.5, 0.6) is 0 Å². The summed E-state index contributed by atoms with van der Waals surface area (Å²) in [6.45, 7) is 6.74. The Bertz CT molecular complexity index is 694. The van der Waals surface area contributed by atoms with Gasteiger partial charge in [-0.2, -0.15) is 0 Å². The number of nitrogen functional groups attached to an aromatic ring is 1. The van der Waals surface area contributed by atoms with E-state index in [1.165, 1.54) is 11.3 Å². The molecule has 0 aliphatic carbocycles. The zero-order valence-corrected chi connectivity index (χ0v) is 13.4. The van der Waals surface area contributed by atoms with E-state index in [0.717, 1.165) is 29.9 Å². The lowest BCUT2D eigenvalue weighted by atomic mass is 9.99. The van der Waals surface area contributed by atoms with Gasteiger partial charge in [0.15, 0.2) is 5.13 Å². The molecule has 5 nitrogen and oxygen atoms in total. The van der Waals surface area contributed by atoms with Crippen molar-refractivity contribution in [2.24, 2.45) is 0 Å². The van der Waals surface area contributed by atoms with Gasteiger partial charge in [-0.25, -0.2) is 4.98 Å². The molecule has 2 aromatic rings. The highest BCUT2D eigenvalue weighted by Crippen LogP contribution is 2.26. The van der Waals surface area contributed by atoms with Crippen molar-refractivity contribution in [2.75, 3.05) is 32.4 Å². The maximum atomic E-state index is 12.7. The molecule has 6 heteroatoms. The molecule has 1 aliphatic heterocycles. The van der Waals surface area contributed by atoms with Crippen LogP contribution in [-0.2, 0) is 0 Å². The largest absolute Gasteiger partial charge is 0.375 e. The number of rotatable bonds is 1. The van der Waals surface area contributed by atoms with Crippen molar-refractivity contribution in [3.8, 4) is 0 Å². The van der Waals surface area contributed by atoms with Crippen molar-refractivity contribution in [1.29, 1.82) is 0 Å². The minimum Gasteiger partial charge on any atom is -0.375 e. The standard InChI is InChI=1S/C15H20N4OS/c1-15(2)9-19(7-6-18(15)3)13(20)10-4-5-11-12(8-10)21-14(16)17-11/h4-5,8H,6-7,9H2,1-3H3,(H2,16,17). The summed E-state index contributed by atoms with van der Waals surface area (Å²) in [5.41, 5.74) is 7.29. The molecule has 3 rings (SSSR count). The number of nitrogens with two attached hydrogens (primary N) is 1. The van der Waals surface area contributed by atoms with Crippen LogP contribution in [-0.4, -0.2) is 52.9 Å². The summed E-state index contributed by atoms with van der Waals surface area (Å²) >= 11 is 1.42. The zero-order chi connectivity index (χ0) is 15.2. The van der Waals surface area contributed by atoms with E-state index in [1.54, 1.807) is 0 Å². The number of nitrogens with zero attached hydrogens (tertiary/aromatic N) is 3. The second kappa shape index (κ2) is 4.96. The van der Waals surface area contributed by atoms with Gasteiger partial charge in [0.25, 0.3) is 5.91 Å². The van der Waals surface area contributed by atoms with Crippen LogP contribution >= 0.6 is 11.3 Å². The van der Waals surface area contributed by atoms with Gasteiger partial charge in [0, 0.05) is 30.7 Å². The SMILES string of the molecule is CN1CCN(C(=O)c2ccc3nc(N)sc3c2)CC1(C)C. The first kappa shape index (κ1) is 14.3. The van der Waals surface area contributed by atoms with Gasteiger partial charge in [0.1, 0.15) is 0 Å². The number of anilines is 1. The van der Waals surface area contributed by atoms with E-state index in [4.69, 9.17) is 5.73 Å². The highest BCUT2D eigenvalue weighted by molar-refractivity contribution is 7.22. The lowest BCUT2D eigenvalue weighted by molar-refractivity contribution is 0.0311. The third-order valence-electron chi connectivity index (χ3n) is 4.26. The Morgan fingerprint density at radius 3 is 2.86 bits per heavy atom. The summed E-state index contributed by atoms with van der Waals surface area (Å²) in [6.07, 6.45) is 0. The first-order chi connectivity index (χ1) is 9.87. The van der Waals surface area contributed by atoms with E-state index >= 15 is 0 Å². The van der Waals surface area contributed by atoms with E-state index in [2.05, 4.69) is 30.8 Å². The highest BCUT2D eigenvalue weighted by Gasteiger charge is 2.33. The van der Waals surface area contributed by atoms with E-state index in [1.807, 2.05) is 23.1 Å². The number of fused-ring (bicyclic) bond motifs is 1. The molecule has 1 saturated heterocycles. The molecule has 1 aromatic carbocycles. The minimum absolute atomic E-state index is 0.00687. The molecule has 0 saturated carbocycles. The molecular weight excluding hydrogens is 284 g/mol. The van der Waals surface area contributed by atoms with E-state index < -0.39 is 0 Å². The maximum absolute atomic E-state index is 12.7. The summed E-state index contributed by atoms with van der Waals surface area (Å²) in [4.78, 5) is 21.2. The summed E-state index contributed by atoms with van der Waals surface area (Å²) in [7, 11) is 2.11. The minimum atomic E-state index is 0.00687. The van der Waals surface area contributed by atoms with Crippen LogP contribution in [0.25, 0.3) is 10.2 Å². The van der Waals surface area contributed by atoms with Crippen molar-refractivity contribution in [1.82, 2.24) is 14.8 Å². The van der Waals surface area contributed by atoms with Crippen LogP contribution in [0.4, 0.5) is 5.13 Å². The first-order valence-electron chi connectivity index (χ1n) is 7.03. The number of thiazole rings is 1. The van der Waals surface area contributed by atoms with Gasteiger partial charge in [-0.3, -0.25) is 9.69 Å². The number of likely N-dealkylation sites (N-methyl/N-ethyl adjacent to an activating group) is 1. The molecule has 0 unspecified atom stereocenters. The van der Waals surface area contributed by atoms with Crippen molar-refractivity contribution < 1.29 is 4.79 Å². The average molecular weight is 304 g/mol. The predicted octanol–water partition coefficient (Wildman–Crippen LogP) is 2.04. The fraction of sp³-hybridized carbons (Fsp3) is 0.467. The van der Waals surface area contributed by atoms with Gasteiger partial charge in [-0.05, 0) is 39.1 Å². The third-order valence-corrected chi connectivity index (χ3v) is 5.10. The summed E-state index contributed by atoms with van der Waals surface area (Å²) in [5, 5.41) is 0.537. The quantitative estimate of drug-likeness (QED) is 0.876. The molecule has 1 aromatic heterocycles. The lowest BCUT2D eigenvalue weighted by Crippen LogP contribution is -2.58. The van der Waals surface area contributed by atoms with Crippen molar-refractivity contribution in [2.45, 2.75) is 19.4 Å². The molecule has 0 bridgehead atoms. The average Bonchev–Trinajstić information content (AvgIpc) is 2.80. The summed E-state index contributed by atoms with van der Waals surface area (Å²) in [5.74, 6) is 0.0880. The molecular formula is C15H20N4OS. The van der Waals surface area contributed by atoms with Gasteiger partial charge < -0.3 is 10.6 Å². The number of hydrogen-bond acceptors (Lipinski definition) is 5. The Morgan fingerprint density at radius 2 is 2.14 bits per heavy atom. The fourth-order valence-electron chi connectivity index (χ4n) is 2.67. The second-order valence-corrected chi connectivity index (χ2v) is 7.26. The number of amides is 1. The van der Waals surface area contributed by atoms with Crippen LogP contribution < -0.4 is 5.73 Å².